The second-order valence-electron chi connectivity index (χ2n) is 14.0. The third-order valence-electron chi connectivity index (χ3n) is 10.7. The fourth-order valence-electron chi connectivity index (χ4n) is 7.74. The molecule has 2 saturated heterocycles. The zero-order valence-electron chi connectivity index (χ0n) is 29.8. The van der Waals surface area contributed by atoms with E-state index in [-0.39, 0.29) is 37.2 Å². The number of aliphatic hydroxyl groups excluding tert-OH is 8. The summed E-state index contributed by atoms with van der Waals surface area (Å²) in [6.07, 6.45) is -12.1. The summed E-state index contributed by atoms with van der Waals surface area (Å²) in [7, 11) is 1.20. The summed E-state index contributed by atoms with van der Waals surface area (Å²) in [5, 5.41) is 81.4. The van der Waals surface area contributed by atoms with Crippen LogP contribution in [-0.2, 0) is 57.0 Å². The summed E-state index contributed by atoms with van der Waals surface area (Å²) in [5.74, 6) is -4.89. The van der Waals surface area contributed by atoms with Crippen molar-refractivity contribution in [1.29, 1.82) is 0 Å². The van der Waals surface area contributed by atoms with E-state index in [1.54, 1.807) is 12.2 Å². The molecule has 20 heteroatoms. The molecule has 0 bridgehead atoms. The van der Waals surface area contributed by atoms with Crippen molar-refractivity contribution in [3.8, 4) is 0 Å². The number of carbonyl (C=O) groups is 3. The molecule has 0 aromatic rings. The molecular formula is C35H46O20. The first kappa shape index (κ1) is 41.1. The van der Waals surface area contributed by atoms with Crippen LogP contribution in [0.3, 0.4) is 0 Å². The molecule has 4 aliphatic heterocycles. The highest BCUT2D eigenvalue weighted by atomic mass is 16.8. The number of carbonyl (C=O) groups excluding carboxylic acids is 3. The lowest BCUT2D eigenvalue weighted by atomic mass is 9.83. The smallest absolute Gasteiger partial charge is 0.337 e. The van der Waals surface area contributed by atoms with Gasteiger partial charge >= 0.3 is 17.9 Å². The van der Waals surface area contributed by atoms with Crippen LogP contribution in [-0.4, -0.2) is 166 Å². The summed E-state index contributed by atoms with van der Waals surface area (Å²) in [6.45, 7) is -0.685. The van der Waals surface area contributed by atoms with Gasteiger partial charge < -0.3 is 83.5 Å². The van der Waals surface area contributed by atoms with Crippen LogP contribution in [0.4, 0.5) is 0 Å². The Morgan fingerprint density at radius 3 is 1.49 bits per heavy atom. The maximum atomic E-state index is 13.8. The fraction of sp³-hybridized carbons (Fsp3) is 0.686. The Balaban J connectivity index is 1.18. The number of fused-ring (bicyclic) bond motifs is 2. The summed E-state index contributed by atoms with van der Waals surface area (Å²) >= 11 is 0. The molecule has 2 fully saturated rings. The zero-order chi connectivity index (χ0) is 39.7. The first-order valence-corrected chi connectivity index (χ1v) is 17.7. The van der Waals surface area contributed by atoms with Crippen LogP contribution >= 0.6 is 0 Å². The maximum absolute atomic E-state index is 13.8. The third-order valence-corrected chi connectivity index (χ3v) is 10.7. The topological polar surface area (TPSA) is 296 Å². The molecule has 6 aliphatic rings. The molecule has 0 aromatic carbocycles. The van der Waals surface area contributed by atoms with Crippen molar-refractivity contribution in [2.24, 2.45) is 23.7 Å². The molecule has 0 amide bonds. The lowest BCUT2D eigenvalue weighted by Crippen LogP contribution is -2.60. The van der Waals surface area contributed by atoms with Gasteiger partial charge in [0.1, 0.15) is 62.0 Å². The predicted octanol–water partition coefficient (Wildman–Crippen LogP) is -3.50. The van der Waals surface area contributed by atoms with Crippen LogP contribution in [0.5, 0.6) is 0 Å². The average Bonchev–Trinajstić information content (AvgIpc) is 3.81. The minimum Gasteiger partial charge on any atom is -0.471 e. The molecule has 6 rings (SSSR count). The van der Waals surface area contributed by atoms with E-state index in [4.69, 9.17) is 42.6 Å². The predicted molar refractivity (Wildman–Crippen MR) is 175 cm³/mol. The van der Waals surface area contributed by atoms with E-state index in [2.05, 4.69) is 0 Å². The van der Waals surface area contributed by atoms with E-state index in [1.165, 1.54) is 14.0 Å². The molecule has 306 valence electrons. The van der Waals surface area contributed by atoms with Crippen molar-refractivity contribution in [3.63, 3.8) is 0 Å². The van der Waals surface area contributed by atoms with Crippen molar-refractivity contribution >= 4 is 17.9 Å². The van der Waals surface area contributed by atoms with E-state index < -0.39 is 129 Å². The van der Waals surface area contributed by atoms with Gasteiger partial charge in [-0.05, 0) is 24.0 Å². The van der Waals surface area contributed by atoms with Crippen LogP contribution in [0.1, 0.15) is 19.8 Å². The van der Waals surface area contributed by atoms with Gasteiger partial charge in [0.05, 0.1) is 55.8 Å². The summed E-state index contributed by atoms with van der Waals surface area (Å²) in [4.78, 5) is 38.1. The Labute approximate surface area is 313 Å². The van der Waals surface area contributed by atoms with E-state index in [0.717, 1.165) is 12.5 Å². The molecule has 0 aromatic heterocycles. The van der Waals surface area contributed by atoms with Crippen LogP contribution in [0.15, 0.2) is 47.0 Å². The second kappa shape index (κ2) is 17.3. The van der Waals surface area contributed by atoms with E-state index >= 15 is 0 Å². The second-order valence-corrected chi connectivity index (χ2v) is 14.0. The van der Waals surface area contributed by atoms with Crippen molar-refractivity contribution in [2.75, 3.05) is 33.5 Å². The molecule has 0 spiro atoms. The molecule has 2 aliphatic carbocycles. The van der Waals surface area contributed by atoms with Gasteiger partial charge in [-0.15, -0.1) is 0 Å². The van der Waals surface area contributed by atoms with Gasteiger partial charge in [0.2, 0.25) is 12.6 Å². The average molecular weight is 787 g/mol. The number of rotatable bonds is 12. The van der Waals surface area contributed by atoms with Crippen LogP contribution < -0.4 is 0 Å². The quantitative estimate of drug-likeness (QED) is 0.0541. The number of hydrogen-bond acceptors (Lipinski definition) is 20. The summed E-state index contributed by atoms with van der Waals surface area (Å²) in [6, 6.07) is 0. The standard InChI is InChI=1S/C35H46O20/c1-13(38)48-9-14-3-6-17-19(12-51-32(22(14)17)54-34-28(43)26(41)24(39)20(7-36)52-34)31(46)49-10-15-4-5-16-18(30(45)47-2)11-50-33(23(15)16)55-35-29(44)27(42)25(40)21(8-37)53-35/h3-4,11-12,16-17,20-29,32-37,39-44H,5-10H2,1-2H3/t16-,17-,20-,21-,22-,23-,24-,25-,26+,27+,28-,29-,32+,33+,34+,35+/m1/s1. The Hall–Kier alpha value is -3.51. The van der Waals surface area contributed by atoms with Crippen LogP contribution in [0.2, 0.25) is 0 Å². The fourth-order valence-corrected chi connectivity index (χ4v) is 7.74. The van der Waals surface area contributed by atoms with Crippen LogP contribution in [0.25, 0.3) is 0 Å². The minimum atomic E-state index is -1.75. The van der Waals surface area contributed by atoms with Gasteiger partial charge in [0, 0.05) is 18.8 Å². The highest BCUT2D eigenvalue weighted by Gasteiger charge is 2.52. The lowest BCUT2D eigenvalue weighted by Gasteiger charge is -2.43. The summed E-state index contributed by atoms with van der Waals surface area (Å²) < 4.78 is 50.3. The number of allylic oxidation sites excluding steroid dienone is 2. The summed E-state index contributed by atoms with van der Waals surface area (Å²) in [5.41, 5.74) is 1.21. The highest BCUT2D eigenvalue weighted by Crippen LogP contribution is 2.47. The van der Waals surface area contributed by atoms with Crippen molar-refractivity contribution in [2.45, 2.75) is 93.8 Å². The van der Waals surface area contributed by atoms with Crippen molar-refractivity contribution in [3.05, 3.63) is 47.0 Å². The first-order valence-electron chi connectivity index (χ1n) is 17.7. The van der Waals surface area contributed by atoms with Crippen molar-refractivity contribution in [1.82, 2.24) is 0 Å². The molecule has 55 heavy (non-hydrogen) atoms. The Bertz CT molecular complexity index is 1550. The monoisotopic (exact) mass is 786 g/mol. The van der Waals surface area contributed by atoms with Gasteiger partial charge in [0.25, 0.3) is 0 Å². The normalized spacial score (nSPS) is 40.9. The molecular weight excluding hydrogens is 740 g/mol. The van der Waals surface area contributed by atoms with E-state index in [1.807, 2.05) is 0 Å². The molecule has 0 unspecified atom stereocenters. The molecule has 16 atom stereocenters. The number of aliphatic hydroxyl groups is 8. The molecule has 20 nitrogen and oxygen atoms in total. The number of hydrogen-bond donors (Lipinski definition) is 8. The number of esters is 3. The van der Waals surface area contributed by atoms with Gasteiger partial charge in [-0.2, -0.15) is 0 Å². The van der Waals surface area contributed by atoms with E-state index in [0.29, 0.717) is 11.1 Å². The lowest BCUT2D eigenvalue weighted by molar-refractivity contribution is -0.339. The third kappa shape index (κ3) is 8.18. The van der Waals surface area contributed by atoms with Gasteiger partial charge in [-0.3, -0.25) is 4.79 Å². The Morgan fingerprint density at radius 2 is 1.07 bits per heavy atom. The molecule has 0 saturated carbocycles. The Kier molecular flexibility index (Phi) is 13.0. The maximum Gasteiger partial charge on any atom is 0.337 e. The highest BCUT2D eigenvalue weighted by molar-refractivity contribution is 5.90. The van der Waals surface area contributed by atoms with Crippen LogP contribution in [0, 0.1) is 23.7 Å². The molecule has 4 heterocycles. The molecule has 0 radical (unpaired) electrons. The minimum absolute atomic E-state index is 0.0760. The largest absolute Gasteiger partial charge is 0.471 e. The van der Waals surface area contributed by atoms with Crippen molar-refractivity contribution < 1.29 is 97.9 Å². The van der Waals surface area contributed by atoms with E-state index in [9.17, 15) is 55.2 Å². The van der Waals surface area contributed by atoms with Gasteiger partial charge in [0.15, 0.2) is 12.6 Å². The SMILES string of the molecule is COC(=O)C1=CO[C@@H](O[C@@H]2O[C@H](CO)[C@@H](O)[C@H](O)[C@H]2O)[C@@H]2C(COC(=O)C3=CO[C@@H](O[C@@H]4O[C@H](CO)[C@@H](O)[C@H](O)[C@H]4O)[C@@H]4C(COC(C)=O)=CC[C@H]34)=CC[C@H]12. The number of ether oxygens (including phenoxy) is 9. The first-order chi connectivity index (χ1) is 26.3. The van der Waals surface area contributed by atoms with Gasteiger partial charge in [-0.1, -0.05) is 12.2 Å². The zero-order valence-corrected chi connectivity index (χ0v) is 29.8. The van der Waals surface area contributed by atoms with Gasteiger partial charge in [-0.25, -0.2) is 9.59 Å². The Morgan fingerprint density at radius 1 is 0.636 bits per heavy atom. The molecule has 8 N–H and O–H groups in total. The number of methoxy groups -OCH3 is 1.